The van der Waals surface area contributed by atoms with E-state index < -0.39 is 18.0 Å². The quantitative estimate of drug-likeness (QED) is 0.707. The molecule has 2 amide bonds. The Morgan fingerprint density at radius 2 is 2.12 bits per heavy atom. The first-order valence-corrected chi connectivity index (χ1v) is 8.71. The Morgan fingerprint density at radius 1 is 1.38 bits per heavy atom. The maximum Gasteiger partial charge on any atom is 0.329 e. The Labute approximate surface area is 144 Å². The Morgan fingerprint density at radius 3 is 2.79 bits per heavy atom. The first-order valence-electron chi connectivity index (χ1n) is 7.32. The van der Waals surface area contributed by atoms with E-state index in [1.165, 1.54) is 0 Å². The van der Waals surface area contributed by atoms with Crippen LogP contribution in [0, 0.1) is 0 Å². The number of aromatic nitrogens is 1. The predicted octanol–water partition coefficient (Wildman–Crippen LogP) is 2.17. The highest BCUT2D eigenvalue weighted by molar-refractivity contribution is 7.98. The summed E-state index contributed by atoms with van der Waals surface area (Å²) in [5, 5.41) is 2.38. The minimum absolute atomic E-state index is 0.109. The van der Waals surface area contributed by atoms with Gasteiger partial charge in [0.25, 0.3) is 0 Å². The standard InChI is InChI=1S/C16H19N3O4S/c1-24-8-7-12(19-16(17)21)15(20)22-10-14-18-9-13(23-14)11-5-3-2-4-6-11/h2-6,9,12H,7-8,10H2,1H3,(H3,17,19,21)/t12-/m1/s1. The zero-order valence-electron chi connectivity index (χ0n) is 13.2. The first-order chi connectivity index (χ1) is 11.6. The molecule has 1 aromatic heterocycles. The summed E-state index contributed by atoms with van der Waals surface area (Å²) in [5.41, 5.74) is 5.97. The monoisotopic (exact) mass is 349 g/mol. The van der Waals surface area contributed by atoms with Crippen LogP contribution < -0.4 is 11.1 Å². The number of ether oxygens (including phenoxy) is 1. The molecule has 0 aliphatic carbocycles. The summed E-state index contributed by atoms with van der Waals surface area (Å²) in [5.74, 6) is 1.00. The van der Waals surface area contributed by atoms with Gasteiger partial charge in [0, 0.05) is 5.56 Å². The third-order valence-electron chi connectivity index (χ3n) is 3.16. The molecule has 8 heteroatoms. The van der Waals surface area contributed by atoms with Crippen LogP contribution in [0.15, 0.2) is 40.9 Å². The zero-order chi connectivity index (χ0) is 17.4. The zero-order valence-corrected chi connectivity index (χ0v) is 14.0. The van der Waals surface area contributed by atoms with Crippen molar-refractivity contribution in [3.8, 4) is 11.3 Å². The smallest absolute Gasteiger partial charge is 0.329 e. The number of nitrogens with zero attached hydrogens (tertiary/aromatic N) is 1. The van der Waals surface area contributed by atoms with Crippen molar-refractivity contribution >= 4 is 23.8 Å². The molecule has 128 valence electrons. The highest BCUT2D eigenvalue weighted by Gasteiger charge is 2.21. The summed E-state index contributed by atoms with van der Waals surface area (Å²) in [7, 11) is 0. The van der Waals surface area contributed by atoms with Crippen molar-refractivity contribution in [2.45, 2.75) is 19.1 Å². The molecule has 1 aromatic carbocycles. The number of carbonyl (C=O) groups excluding carboxylic acids is 2. The van der Waals surface area contributed by atoms with Gasteiger partial charge in [0.2, 0.25) is 5.89 Å². The Bertz CT molecular complexity index is 675. The molecular weight excluding hydrogens is 330 g/mol. The Hall–Kier alpha value is -2.48. The highest BCUT2D eigenvalue weighted by atomic mass is 32.2. The third-order valence-corrected chi connectivity index (χ3v) is 3.81. The molecule has 0 unspecified atom stereocenters. The lowest BCUT2D eigenvalue weighted by Crippen LogP contribution is -2.44. The second kappa shape index (κ2) is 8.97. The topological polar surface area (TPSA) is 107 Å². The molecule has 1 heterocycles. The van der Waals surface area contributed by atoms with Crippen LogP contribution in [0.4, 0.5) is 4.79 Å². The van der Waals surface area contributed by atoms with Crippen molar-refractivity contribution in [2.75, 3.05) is 12.0 Å². The first kappa shape index (κ1) is 17.9. The van der Waals surface area contributed by atoms with E-state index in [9.17, 15) is 9.59 Å². The number of hydrogen-bond donors (Lipinski definition) is 2. The van der Waals surface area contributed by atoms with Gasteiger partial charge in [0.05, 0.1) is 6.20 Å². The van der Waals surface area contributed by atoms with Crippen molar-refractivity contribution in [1.82, 2.24) is 10.3 Å². The molecular formula is C16H19N3O4S. The lowest BCUT2D eigenvalue weighted by molar-refractivity contribution is -0.147. The number of benzene rings is 1. The predicted molar refractivity (Wildman–Crippen MR) is 91.2 cm³/mol. The van der Waals surface area contributed by atoms with Crippen LogP contribution in [0.25, 0.3) is 11.3 Å². The van der Waals surface area contributed by atoms with Gasteiger partial charge in [-0.1, -0.05) is 30.3 Å². The van der Waals surface area contributed by atoms with Crippen molar-refractivity contribution in [3.63, 3.8) is 0 Å². The number of esters is 1. The molecule has 3 N–H and O–H groups in total. The number of hydrogen-bond acceptors (Lipinski definition) is 6. The van der Waals surface area contributed by atoms with Crippen molar-refractivity contribution in [3.05, 3.63) is 42.4 Å². The van der Waals surface area contributed by atoms with Crippen LogP contribution >= 0.6 is 11.8 Å². The number of oxazole rings is 1. The number of carbonyl (C=O) groups is 2. The number of nitrogens with one attached hydrogen (secondary N) is 1. The number of rotatable bonds is 8. The average Bonchev–Trinajstić information content (AvgIpc) is 3.06. The van der Waals surface area contributed by atoms with Gasteiger partial charge in [0.15, 0.2) is 12.4 Å². The molecule has 0 saturated carbocycles. The van der Waals surface area contributed by atoms with E-state index in [-0.39, 0.29) is 12.5 Å². The molecule has 1 atom stereocenters. The normalized spacial score (nSPS) is 11.7. The summed E-state index contributed by atoms with van der Waals surface area (Å²) < 4.78 is 10.7. The number of nitrogens with two attached hydrogens (primary N) is 1. The molecule has 24 heavy (non-hydrogen) atoms. The Balaban J connectivity index is 1.92. The van der Waals surface area contributed by atoms with Gasteiger partial charge in [-0.25, -0.2) is 14.6 Å². The maximum atomic E-state index is 12.1. The summed E-state index contributed by atoms with van der Waals surface area (Å²) in [6.45, 7) is -0.109. The molecule has 0 aliphatic rings. The molecule has 0 bridgehead atoms. The number of thioether (sulfide) groups is 1. The van der Waals surface area contributed by atoms with Gasteiger partial charge in [-0.3, -0.25) is 0 Å². The molecule has 0 aliphatic heterocycles. The van der Waals surface area contributed by atoms with E-state index in [4.69, 9.17) is 14.9 Å². The van der Waals surface area contributed by atoms with E-state index in [2.05, 4.69) is 10.3 Å². The molecule has 7 nitrogen and oxygen atoms in total. The van der Waals surface area contributed by atoms with Gasteiger partial charge in [-0.2, -0.15) is 11.8 Å². The van der Waals surface area contributed by atoms with Crippen molar-refractivity contribution < 1.29 is 18.7 Å². The summed E-state index contributed by atoms with van der Waals surface area (Å²) in [6.07, 6.45) is 3.92. The SMILES string of the molecule is CSCC[C@@H](NC(N)=O)C(=O)OCc1ncc(-c2ccccc2)o1. The number of amides is 2. The molecule has 0 radical (unpaired) electrons. The molecule has 2 aromatic rings. The van der Waals surface area contributed by atoms with Crippen LogP contribution in [0.2, 0.25) is 0 Å². The van der Waals surface area contributed by atoms with E-state index in [0.717, 1.165) is 5.56 Å². The molecule has 2 rings (SSSR count). The number of urea groups is 1. The van der Waals surface area contributed by atoms with Crippen LogP contribution in [-0.4, -0.2) is 35.0 Å². The van der Waals surface area contributed by atoms with Gasteiger partial charge in [-0.05, 0) is 18.4 Å². The third kappa shape index (κ3) is 5.31. The van der Waals surface area contributed by atoms with E-state index in [0.29, 0.717) is 17.9 Å². The van der Waals surface area contributed by atoms with E-state index in [1.807, 2.05) is 36.6 Å². The van der Waals surface area contributed by atoms with Gasteiger partial charge in [-0.15, -0.1) is 0 Å². The minimum Gasteiger partial charge on any atom is -0.454 e. The van der Waals surface area contributed by atoms with Crippen molar-refractivity contribution in [1.29, 1.82) is 0 Å². The Kier molecular flexibility index (Phi) is 6.68. The summed E-state index contributed by atoms with van der Waals surface area (Å²) in [4.78, 5) is 27.1. The second-order valence-corrected chi connectivity index (χ2v) is 5.92. The number of primary amides is 1. The molecule has 0 spiro atoms. The van der Waals surface area contributed by atoms with Crippen LogP contribution in [0.5, 0.6) is 0 Å². The molecule has 0 fully saturated rings. The van der Waals surface area contributed by atoms with E-state index >= 15 is 0 Å². The van der Waals surface area contributed by atoms with Crippen LogP contribution in [0.3, 0.4) is 0 Å². The largest absolute Gasteiger partial charge is 0.454 e. The van der Waals surface area contributed by atoms with Crippen molar-refractivity contribution in [2.24, 2.45) is 5.73 Å². The lowest BCUT2D eigenvalue weighted by Gasteiger charge is -2.15. The van der Waals surface area contributed by atoms with Crippen LogP contribution in [0.1, 0.15) is 12.3 Å². The van der Waals surface area contributed by atoms with E-state index in [1.54, 1.807) is 18.0 Å². The second-order valence-electron chi connectivity index (χ2n) is 4.93. The summed E-state index contributed by atoms with van der Waals surface area (Å²) >= 11 is 1.56. The average molecular weight is 349 g/mol. The fourth-order valence-corrected chi connectivity index (χ4v) is 2.47. The fourth-order valence-electron chi connectivity index (χ4n) is 2.00. The lowest BCUT2D eigenvalue weighted by atomic mass is 10.2. The van der Waals surface area contributed by atoms with Gasteiger partial charge < -0.3 is 20.2 Å². The fraction of sp³-hybridized carbons (Fsp3) is 0.312. The summed E-state index contributed by atoms with van der Waals surface area (Å²) in [6, 6.07) is 7.94. The van der Waals surface area contributed by atoms with Gasteiger partial charge in [0.1, 0.15) is 6.04 Å². The van der Waals surface area contributed by atoms with Crippen LogP contribution in [-0.2, 0) is 16.1 Å². The maximum absolute atomic E-state index is 12.1. The van der Waals surface area contributed by atoms with Gasteiger partial charge >= 0.3 is 12.0 Å². The minimum atomic E-state index is -0.779. The molecule has 0 saturated heterocycles. The highest BCUT2D eigenvalue weighted by Crippen LogP contribution is 2.20.